The Morgan fingerprint density at radius 2 is 1.36 bits per heavy atom. The number of ketones is 1. The first-order chi connectivity index (χ1) is 15.9. The van der Waals surface area contributed by atoms with Crippen LogP contribution in [0.2, 0.25) is 0 Å². The van der Waals surface area contributed by atoms with E-state index in [-0.39, 0.29) is 5.78 Å². The van der Waals surface area contributed by atoms with Crippen molar-refractivity contribution in [2.75, 3.05) is 0 Å². The molecule has 1 nitrogen and oxygen atoms in total. The first-order valence-electron chi connectivity index (χ1n) is 11.7. The molecule has 3 rings (SSSR count). The summed E-state index contributed by atoms with van der Waals surface area (Å²) in [6.45, 7) is 21.8. The van der Waals surface area contributed by atoms with Crippen LogP contribution in [0.5, 0.6) is 0 Å². The molecule has 0 aliphatic rings. The largest absolute Gasteiger partial charge is 0.294 e. The van der Waals surface area contributed by atoms with E-state index in [1.165, 1.54) is 5.56 Å². The molecule has 0 radical (unpaired) electrons. The molecular formula is C32H38O. The number of carbonyl (C=O) groups is 1. The highest BCUT2D eigenvalue weighted by molar-refractivity contribution is 6.21. The first-order valence-corrected chi connectivity index (χ1v) is 11.7. The summed E-state index contributed by atoms with van der Waals surface area (Å²) in [7, 11) is 0. The molecule has 0 unspecified atom stereocenters. The van der Waals surface area contributed by atoms with Gasteiger partial charge in [-0.15, -0.1) is 0 Å². The zero-order valence-electron chi connectivity index (χ0n) is 21.3. The lowest BCUT2D eigenvalue weighted by Gasteiger charge is -2.10. The minimum absolute atomic E-state index is 0.0358. The Morgan fingerprint density at radius 3 is 1.91 bits per heavy atom. The molecule has 0 aromatic heterocycles. The molecule has 0 aliphatic carbocycles. The van der Waals surface area contributed by atoms with Crippen molar-refractivity contribution in [3.8, 4) is 11.1 Å². The Balaban J connectivity index is 0.00000129. The van der Waals surface area contributed by atoms with Gasteiger partial charge in [-0.25, -0.2) is 0 Å². The van der Waals surface area contributed by atoms with Gasteiger partial charge in [0.1, 0.15) is 0 Å². The zero-order chi connectivity index (χ0) is 25.0. The maximum atomic E-state index is 12.3. The molecule has 0 atom stereocenters. The van der Waals surface area contributed by atoms with Crippen LogP contribution in [0.4, 0.5) is 0 Å². The summed E-state index contributed by atoms with van der Waals surface area (Å²) in [6.07, 6.45) is 3.77. The number of hydrogen-bond acceptors (Lipinski definition) is 1. The van der Waals surface area contributed by atoms with Crippen LogP contribution >= 0.6 is 0 Å². The zero-order valence-corrected chi connectivity index (χ0v) is 21.3. The summed E-state index contributed by atoms with van der Waals surface area (Å²) >= 11 is 0. The van der Waals surface area contributed by atoms with Crippen LogP contribution in [0.15, 0.2) is 86.0 Å². The highest BCUT2D eigenvalue weighted by atomic mass is 16.1. The molecule has 3 aromatic carbocycles. The second-order valence-electron chi connectivity index (χ2n) is 7.31. The average Bonchev–Trinajstić information content (AvgIpc) is 2.85. The normalized spacial score (nSPS) is 10.2. The molecule has 0 amide bonds. The lowest BCUT2D eigenvalue weighted by Crippen LogP contribution is -1.99. The van der Waals surface area contributed by atoms with Crippen LogP contribution in [0.3, 0.4) is 0 Å². The molecule has 3 aromatic rings. The molecule has 0 saturated heterocycles. The number of carbonyl (C=O) groups excluding carboxylic acids is 1. The highest BCUT2D eigenvalue weighted by Gasteiger charge is 2.11. The van der Waals surface area contributed by atoms with E-state index in [0.717, 1.165) is 39.0 Å². The minimum atomic E-state index is 0.0358. The summed E-state index contributed by atoms with van der Waals surface area (Å²) in [5.41, 5.74) is 9.19. The summed E-state index contributed by atoms with van der Waals surface area (Å²) in [6, 6.07) is 22.6. The van der Waals surface area contributed by atoms with Crippen molar-refractivity contribution < 1.29 is 4.79 Å². The molecule has 172 valence electrons. The Hall–Kier alpha value is -3.45. The number of aryl methyl sites for hydroxylation is 2. The van der Waals surface area contributed by atoms with Crippen molar-refractivity contribution in [3.05, 3.63) is 114 Å². The Bertz CT molecular complexity index is 1110. The van der Waals surface area contributed by atoms with Crippen molar-refractivity contribution in [3.63, 3.8) is 0 Å². The van der Waals surface area contributed by atoms with E-state index < -0.39 is 0 Å². The van der Waals surface area contributed by atoms with E-state index in [2.05, 4.69) is 62.5 Å². The molecule has 0 saturated carbocycles. The quantitative estimate of drug-likeness (QED) is 0.277. The third-order valence-electron chi connectivity index (χ3n) is 5.22. The van der Waals surface area contributed by atoms with Gasteiger partial charge >= 0.3 is 0 Å². The SMILES string of the molecule is C=Cc1cc(-c2ccc(C(=C)/C=C(/C(C)=O)c3ccccc3C)cc2)ccc1C.CC.CC. The maximum absolute atomic E-state index is 12.3. The van der Waals surface area contributed by atoms with E-state index in [1.807, 2.05) is 71.0 Å². The predicted molar refractivity (Wildman–Crippen MR) is 148 cm³/mol. The predicted octanol–water partition coefficient (Wildman–Crippen LogP) is 9.35. The van der Waals surface area contributed by atoms with Gasteiger partial charge < -0.3 is 0 Å². The minimum Gasteiger partial charge on any atom is -0.294 e. The summed E-state index contributed by atoms with van der Waals surface area (Å²) < 4.78 is 0. The summed E-state index contributed by atoms with van der Waals surface area (Å²) in [5.74, 6) is 0.0358. The number of allylic oxidation sites excluding steroid dienone is 3. The monoisotopic (exact) mass is 438 g/mol. The second-order valence-corrected chi connectivity index (χ2v) is 7.31. The molecule has 0 heterocycles. The van der Waals surface area contributed by atoms with Gasteiger partial charge in [0.05, 0.1) is 0 Å². The van der Waals surface area contributed by atoms with Crippen molar-refractivity contribution in [2.45, 2.75) is 48.5 Å². The molecular weight excluding hydrogens is 400 g/mol. The number of Topliss-reactive ketones (excluding diaryl/α,β-unsaturated/α-hetero) is 1. The van der Waals surface area contributed by atoms with E-state index in [9.17, 15) is 4.79 Å². The smallest absolute Gasteiger partial charge is 0.160 e. The van der Waals surface area contributed by atoms with Gasteiger partial charge in [-0.3, -0.25) is 4.79 Å². The number of hydrogen-bond donors (Lipinski definition) is 0. The van der Waals surface area contributed by atoms with Gasteiger partial charge in [0.15, 0.2) is 5.78 Å². The van der Waals surface area contributed by atoms with Gasteiger partial charge in [-0.2, -0.15) is 0 Å². The number of benzene rings is 3. The van der Waals surface area contributed by atoms with Crippen molar-refractivity contribution in [1.29, 1.82) is 0 Å². The van der Waals surface area contributed by atoms with E-state index >= 15 is 0 Å². The molecule has 0 aliphatic heterocycles. The Kier molecular flexibility index (Phi) is 11.6. The molecule has 0 spiro atoms. The van der Waals surface area contributed by atoms with Gasteiger partial charge in [0.2, 0.25) is 0 Å². The lowest BCUT2D eigenvalue weighted by molar-refractivity contribution is -0.111. The third-order valence-corrected chi connectivity index (χ3v) is 5.22. The summed E-state index contributed by atoms with van der Waals surface area (Å²) in [4.78, 5) is 12.3. The van der Waals surface area contributed by atoms with E-state index in [1.54, 1.807) is 6.92 Å². The highest BCUT2D eigenvalue weighted by Crippen LogP contribution is 2.27. The van der Waals surface area contributed by atoms with Gasteiger partial charge in [0, 0.05) is 5.57 Å². The fraction of sp³-hybridized carbons (Fsp3) is 0.219. The van der Waals surface area contributed by atoms with Gasteiger partial charge in [-0.05, 0) is 77.4 Å². The molecule has 33 heavy (non-hydrogen) atoms. The molecule has 0 bridgehead atoms. The van der Waals surface area contributed by atoms with Gasteiger partial charge in [-0.1, -0.05) is 108 Å². The van der Waals surface area contributed by atoms with E-state index in [4.69, 9.17) is 0 Å². The van der Waals surface area contributed by atoms with Crippen LogP contribution in [0.25, 0.3) is 28.3 Å². The van der Waals surface area contributed by atoms with Crippen LogP contribution in [-0.4, -0.2) is 5.78 Å². The molecule has 1 heteroatoms. The standard InChI is InChI=1S/C28H26O.2C2H6/c1-6-23-18-26(12-11-19(23)2)25-15-13-24(14-16-25)21(4)17-28(22(5)29)27-10-8-7-9-20(27)3;2*1-2/h6-18H,1,4H2,2-3,5H3;2*1-2H3/b28-17-;;. The van der Waals surface area contributed by atoms with Crippen molar-refractivity contribution in [1.82, 2.24) is 0 Å². The number of rotatable bonds is 6. The second kappa shape index (κ2) is 13.9. The first kappa shape index (κ1) is 27.6. The third kappa shape index (κ3) is 7.29. The van der Waals surface area contributed by atoms with Gasteiger partial charge in [0.25, 0.3) is 0 Å². The molecule has 0 fully saturated rings. The van der Waals surface area contributed by atoms with Crippen LogP contribution in [0.1, 0.15) is 62.4 Å². The lowest BCUT2D eigenvalue weighted by atomic mass is 9.93. The van der Waals surface area contributed by atoms with Crippen LogP contribution in [-0.2, 0) is 4.79 Å². The fourth-order valence-electron chi connectivity index (χ4n) is 3.42. The van der Waals surface area contributed by atoms with Crippen molar-refractivity contribution in [2.24, 2.45) is 0 Å². The fourth-order valence-corrected chi connectivity index (χ4v) is 3.42. The van der Waals surface area contributed by atoms with Crippen LogP contribution < -0.4 is 0 Å². The van der Waals surface area contributed by atoms with Crippen LogP contribution in [0, 0.1) is 13.8 Å². The summed E-state index contributed by atoms with van der Waals surface area (Å²) in [5, 5.41) is 0. The average molecular weight is 439 g/mol. The maximum Gasteiger partial charge on any atom is 0.160 e. The Morgan fingerprint density at radius 1 is 0.788 bits per heavy atom. The topological polar surface area (TPSA) is 17.1 Å². The van der Waals surface area contributed by atoms with Crippen molar-refractivity contribution >= 4 is 23.0 Å². The van der Waals surface area contributed by atoms with E-state index in [0.29, 0.717) is 5.57 Å². The molecule has 0 N–H and O–H groups in total. The Labute approximate surface area is 201 Å².